The zero-order chi connectivity index (χ0) is 13.8. The Hall–Kier alpha value is 0.415. The molecular weight excluding hydrogens is 235 g/mol. The Morgan fingerprint density at radius 3 is 1.67 bits per heavy atom. The minimum Gasteiger partial charge on any atom is -0.155 e. The molecule has 18 heavy (non-hydrogen) atoms. The van der Waals surface area contributed by atoms with Crippen LogP contribution in [-0.4, -0.2) is 18.3 Å². The average Bonchev–Trinajstić information content (AvgIpc) is 2.91. The van der Waals surface area contributed by atoms with Gasteiger partial charge in [0.1, 0.15) is 0 Å². The highest BCUT2D eigenvalue weighted by Crippen LogP contribution is 2.56. The Kier molecular flexibility index (Phi) is 6.15. The molecule has 2 unspecified atom stereocenters. The third-order valence-corrected chi connectivity index (χ3v) is 7.87. The number of rotatable bonds is 7. The van der Waals surface area contributed by atoms with Gasteiger partial charge in [-0.2, -0.15) is 11.8 Å². The fourth-order valence-corrected chi connectivity index (χ4v) is 5.98. The van der Waals surface area contributed by atoms with Crippen molar-refractivity contribution in [2.45, 2.75) is 95.4 Å². The third-order valence-electron chi connectivity index (χ3n) is 5.77. The molecule has 2 radical (unpaired) electrons. The summed E-state index contributed by atoms with van der Waals surface area (Å²) in [6.07, 6.45) is 8.90. The Bertz CT molecular complexity index is 235. The van der Waals surface area contributed by atoms with Gasteiger partial charge in [0.15, 0.2) is 0 Å². The van der Waals surface area contributed by atoms with E-state index in [0.717, 1.165) is 18.1 Å². The second kappa shape index (κ2) is 6.73. The lowest BCUT2D eigenvalue weighted by atomic mass is 9.61. The fraction of sp³-hybridized carbons (Fsp3) is 1.00. The maximum atomic E-state index is 6.61. The van der Waals surface area contributed by atoms with E-state index >= 15 is 0 Å². The van der Waals surface area contributed by atoms with E-state index in [1.165, 1.54) is 32.1 Å². The number of thioether (sulfide) groups is 1. The summed E-state index contributed by atoms with van der Waals surface area (Å²) >= 11 is 2.22. The van der Waals surface area contributed by atoms with Gasteiger partial charge in [-0.3, -0.25) is 0 Å². The summed E-state index contributed by atoms with van der Waals surface area (Å²) in [7, 11) is 6.61. The third kappa shape index (κ3) is 2.94. The summed E-state index contributed by atoms with van der Waals surface area (Å²) in [5.41, 5.74) is 0.557. The van der Waals surface area contributed by atoms with Crippen LogP contribution in [0.1, 0.15) is 79.6 Å². The summed E-state index contributed by atoms with van der Waals surface area (Å²) in [6, 6.07) is 0. The van der Waals surface area contributed by atoms with Gasteiger partial charge >= 0.3 is 0 Å². The van der Waals surface area contributed by atoms with Crippen LogP contribution in [0.15, 0.2) is 0 Å². The highest BCUT2D eigenvalue weighted by molar-refractivity contribution is 8.00. The smallest absolute Gasteiger partial charge is 0.0761 e. The molecule has 1 fully saturated rings. The first-order valence-corrected chi connectivity index (χ1v) is 8.90. The molecule has 0 aromatic rings. The van der Waals surface area contributed by atoms with Crippen molar-refractivity contribution in [2.75, 3.05) is 0 Å². The Labute approximate surface area is 120 Å². The second-order valence-corrected chi connectivity index (χ2v) is 7.46. The van der Waals surface area contributed by atoms with Crippen LogP contribution in [0.25, 0.3) is 0 Å². The van der Waals surface area contributed by atoms with E-state index in [1.54, 1.807) is 0 Å². The van der Waals surface area contributed by atoms with E-state index in [4.69, 9.17) is 7.85 Å². The van der Waals surface area contributed by atoms with Crippen LogP contribution in [0, 0.1) is 5.41 Å². The molecule has 1 aliphatic heterocycles. The first kappa shape index (κ1) is 16.5. The summed E-state index contributed by atoms with van der Waals surface area (Å²) in [5, 5.41) is 1.59. The minimum atomic E-state index is 0.0698. The highest BCUT2D eigenvalue weighted by atomic mass is 32.2. The predicted molar refractivity (Wildman–Crippen MR) is 86.7 cm³/mol. The molecule has 0 spiro atoms. The molecule has 0 aliphatic carbocycles. The summed E-state index contributed by atoms with van der Waals surface area (Å²) in [4.78, 5) is 0. The molecule has 2 atom stereocenters. The van der Waals surface area contributed by atoms with Gasteiger partial charge in [0.05, 0.1) is 7.85 Å². The van der Waals surface area contributed by atoms with Crippen molar-refractivity contribution >= 4 is 19.6 Å². The van der Waals surface area contributed by atoms with Crippen LogP contribution in [0.2, 0.25) is 5.31 Å². The van der Waals surface area contributed by atoms with Crippen molar-refractivity contribution in [2.24, 2.45) is 5.41 Å². The number of hydrogen-bond acceptors (Lipinski definition) is 1. The van der Waals surface area contributed by atoms with Crippen molar-refractivity contribution in [3.8, 4) is 0 Å². The lowest BCUT2D eigenvalue weighted by molar-refractivity contribution is 0.237. The molecule has 1 saturated heterocycles. The molecule has 0 bridgehead atoms. The van der Waals surface area contributed by atoms with Crippen molar-refractivity contribution in [3.05, 3.63) is 0 Å². The Morgan fingerprint density at radius 2 is 1.28 bits per heavy atom. The molecule has 0 saturated carbocycles. The first-order valence-electron chi connectivity index (χ1n) is 7.96. The Morgan fingerprint density at radius 1 is 0.833 bits per heavy atom. The van der Waals surface area contributed by atoms with Crippen LogP contribution < -0.4 is 0 Å². The van der Waals surface area contributed by atoms with Crippen molar-refractivity contribution in [3.63, 3.8) is 0 Å². The monoisotopic (exact) mass is 266 g/mol. The molecule has 0 nitrogen and oxygen atoms in total. The van der Waals surface area contributed by atoms with Gasteiger partial charge in [0.25, 0.3) is 0 Å². The molecule has 0 aromatic carbocycles. The Balaban J connectivity index is 2.76. The van der Waals surface area contributed by atoms with E-state index in [0.29, 0.717) is 10.7 Å². The van der Waals surface area contributed by atoms with E-state index in [2.05, 4.69) is 46.4 Å². The van der Waals surface area contributed by atoms with Crippen LogP contribution >= 0.6 is 11.8 Å². The molecule has 104 valence electrons. The maximum absolute atomic E-state index is 6.61. The molecule has 2 heteroatoms. The van der Waals surface area contributed by atoms with Crippen LogP contribution in [0.4, 0.5) is 0 Å². The van der Waals surface area contributed by atoms with Crippen molar-refractivity contribution < 1.29 is 0 Å². The molecule has 0 N–H and O–H groups in total. The average molecular weight is 266 g/mol. The second-order valence-electron chi connectivity index (χ2n) is 6.05. The molecule has 1 aliphatic rings. The summed E-state index contributed by atoms with van der Waals surface area (Å²) in [5.74, 6) is 0. The minimum absolute atomic E-state index is 0.0698. The zero-order valence-corrected chi connectivity index (χ0v) is 13.9. The van der Waals surface area contributed by atoms with Gasteiger partial charge in [0.2, 0.25) is 0 Å². The van der Waals surface area contributed by atoms with Gasteiger partial charge in [0, 0.05) is 10.5 Å². The van der Waals surface area contributed by atoms with Crippen LogP contribution in [-0.2, 0) is 0 Å². The SMILES string of the molecule is [B]C(CC)(CC)C1CCC(C(CC)(CC)CC)S1. The van der Waals surface area contributed by atoms with Gasteiger partial charge in [-0.15, -0.1) is 0 Å². The summed E-state index contributed by atoms with van der Waals surface area (Å²) in [6.45, 7) is 11.6. The molecule has 0 aromatic heterocycles. The highest BCUT2D eigenvalue weighted by Gasteiger charge is 2.44. The van der Waals surface area contributed by atoms with Crippen LogP contribution in [0.3, 0.4) is 0 Å². The zero-order valence-electron chi connectivity index (χ0n) is 13.1. The molecular formula is C16H31BS. The molecule has 1 rings (SSSR count). The van der Waals surface area contributed by atoms with Crippen molar-refractivity contribution in [1.82, 2.24) is 0 Å². The van der Waals surface area contributed by atoms with E-state index in [1.807, 2.05) is 0 Å². The quantitative estimate of drug-likeness (QED) is 0.539. The van der Waals surface area contributed by atoms with Gasteiger partial charge < -0.3 is 0 Å². The van der Waals surface area contributed by atoms with Crippen LogP contribution in [0.5, 0.6) is 0 Å². The largest absolute Gasteiger partial charge is 0.155 e. The topological polar surface area (TPSA) is 0 Å². The fourth-order valence-electron chi connectivity index (χ4n) is 3.65. The van der Waals surface area contributed by atoms with E-state index in [9.17, 15) is 0 Å². The normalized spacial score (nSPS) is 25.6. The van der Waals surface area contributed by atoms with Crippen molar-refractivity contribution in [1.29, 1.82) is 0 Å². The predicted octanol–water partition coefficient (Wildman–Crippen LogP) is 5.61. The van der Waals surface area contributed by atoms with Gasteiger partial charge in [-0.25, -0.2) is 0 Å². The van der Waals surface area contributed by atoms with E-state index < -0.39 is 0 Å². The first-order chi connectivity index (χ1) is 8.51. The number of hydrogen-bond donors (Lipinski definition) is 0. The lowest BCUT2D eigenvalue weighted by Gasteiger charge is -2.39. The van der Waals surface area contributed by atoms with Gasteiger partial charge in [-0.05, 0) is 37.5 Å². The molecule has 1 heterocycles. The van der Waals surface area contributed by atoms with Gasteiger partial charge in [-0.1, -0.05) is 52.8 Å². The maximum Gasteiger partial charge on any atom is 0.0761 e. The van der Waals surface area contributed by atoms with E-state index in [-0.39, 0.29) is 5.31 Å². The lowest BCUT2D eigenvalue weighted by Crippen LogP contribution is -2.30. The standard InChI is InChI=1S/C16H31BS/c1-6-15(7-2,8-3)13-11-12-14(18-13)16(17,9-4)10-5/h13-14H,6-12H2,1-5H3. The summed E-state index contributed by atoms with van der Waals surface area (Å²) < 4.78 is 0. The molecule has 0 amide bonds.